The lowest BCUT2D eigenvalue weighted by atomic mass is 10.1. The highest BCUT2D eigenvalue weighted by Gasteiger charge is 2.13. The largest absolute Gasteiger partial charge is 0.381 e. The monoisotopic (exact) mass is 365 g/mol. The molecule has 6 heteroatoms. The van der Waals surface area contributed by atoms with E-state index in [-0.39, 0.29) is 5.56 Å². The van der Waals surface area contributed by atoms with E-state index in [2.05, 4.69) is 33.7 Å². The predicted octanol–water partition coefficient (Wildman–Crippen LogP) is 4.00. The molecular formula is C20H19N3O2S. The van der Waals surface area contributed by atoms with E-state index < -0.39 is 0 Å². The summed E-state index contributed by atoms with van der Waals surface area (Å²) in [6, 6.07) is 14.0. The van der Waals surface area contributed by atoms with Crippen molar-refractivity contribution >= 4 is 17.0 Å². The zero-order valence-corrected chi connectivity index (χ0v) is 15.3. The van der Waals surface area contributed by atoms with Gasteiger partial charge in [-0.05, 0) is 29.5 Å². The van der Waals surface area contributed by atoms with Crippen LogP contribution in [0.5, 0.6) is 0 Å². The van der Waals surface area contributed by atoms with E-state index in [9.17, 15) is 4.79 Å². The number of thiophene rings is 1. The van der Waals surface area contributed by atoms with Gasteiger partial charge in [-0.25, -0.2) is 9.50 Å². The van der Waals surface area contributed by atoms with Crippen molar-refractivity contribution < 1.29 is 4.74 Å². The standard InChI is InChI=1S/C20H19N3O2S/c1-2-25-9-8-16-11-19(24)23-20(22-16)17(12-21-23)18-10-15(13-26-18)14-6-4-3-5-7-14/h3-7,10-13,21H,2,8-9H2,1H3. The fraction of sp³-hybridized carbons (Fsp3) is 0.200. The molecule has 132 valence electrons. The third-order valence-electron chi connectivity index (χ3n) is 4.23. The molecule has 0 aliphatic rings. The second kappa shape index (κ2) is 7.27. The SMILES string of the molecule is CCOCCc1cc(=O)n2[nH]cc(-c3cc(-c4ccccc4)cs3)c2n1. The molecule has 0 radical (unpaired) electrons. The van der Waals surface area contributed by atoms with Crippen LogP contribution in [0.2, 0.25) is 0 Å². The van der Waals surface area contributed by atoms with E-state index in [0.29, 0.717) is 25.3 Å². The first-order valence-electron chi connectivity index (χ1n) is 8.58. The maximum Gasteiger partial charge on any atom is 0.272 e. The predicted molar refractivity (Wildman–Crippen MR) is 105 cm³/mol. The summed E-state index contributed by atoms with van der Waals surface area (Å²) in [6.45, 7) is 3.18. The van der Waals surface area contributed by atoms with Crippen LogP contribution in [0.15, 0.2) is 58.8 Å². The third-order valence-corrected chi connectivity index (χ3v) is 5.19. The molecule has 0 fully saturated rings. The second-order valence-corrected chi connectivity index (χ2v) is 6.86. The van der Waals surface area contributed by atoms with Crippen molar-refractivity contribution in [1.29, 1.82) is 0 Å². The fourth-order valence-electron chi connectivity index (χ4n) is 2.92. The number of aromatic nitrogens is 3. The maximum atomic E-state index is 12.4. The number of ether oxygens (including phenoxy) is 1. The molecule has 3 heterocycles. The Balaban J connectivity index is 1.73. The quantitative estimate of drug-likeness (QED) is 0.526. The van der Waals surface area contributed by atoms with Crippen LogP contribution in [0.1, 0.15) is 12.6 Å². The molecular weight excluding hydrogens is 346 g/mol. The number of hydrogen-bond donors (Lipinski definition) is 1. The van der Waals surface area contributed by atoms with Crippen LogP contribution in [0, 0.1) is 0 Å². The van der Waals surface area contributed by atoms with Gasteiger partial charge in [-0.2, -0.15) is 0 Å². The Morgan fingerprint density at radius 1 is 1.19 bits per heavy atom. The van der Waals surface area contributed by atoms with Gasteiger partial charge in [-0.15, -0.1) is 11.3 Å². The number of fused-ring (bicyclic) bond motifs is 1. The zero-order chi connectivity index (χ0) is 17.9. The summed E-state index contributed by atoms with van der Waals surface area (Å²) in [4.78, 5) is 18.1. The summed E-state index contributed by atoms with van der Waals surface area (Å²) >= 11 is 1.65. The Bertz CT molecular complexity index is 1080. The van der Waals surface area contributed by atoms with Gasteiger partial charge in [0.15, 0.2) is 5.65 Å². The molecule has 1 aromatic carbocycles. The molecule has 0 aliphatic carbocycles. The smallest absolute Gasteiger partial charge is 0.272 e. The van der Waals surface area contributed by atoms with Gasteiger partial charge in [0.25, 0.3) is 5.56 Å². The number of benzene rings is 1. The van der Waals surface area contributed by atoms with Gasteiger partial charge in [-0.3, -0.25) is 9.89 Å². The minimum atomic E-state index is -0.104. The topological polar surface area (TPSA) is 59.4 Å². The van der Waals surface area contributed by atoms with E-state index in [1.807, 2.05) is 31.3 Å². The summed E-state index contributed by atoms with van der Waals surface area (Å²) in [6.07, 6.45) is 2.47. The summed E-state index contributed by atoms with van der Waals surface area (Å²) in [5.74, 6) is 0. The number of nitrogens with one attached hydrogen (secondary N) is 1. The van der Waals surface area contributed by atoms with Crippen LogP contribution >= 0.6 is 11.3 Å². The molecule has 4 aromatic rings. The molecule has 3 aromatic heterocycles. The maximum absolute atomic E-state index is 12.4. The van der Waals surface area contributed by atoms with E-state index in [0.717, 1.165) is 16.1 Å². The highest BCUT2D eigenvalue weighted by Crippen LogP contribution is 2.33. The van der Waals surface area contributed by atoms with Gasteiger partial charge in [0.1, 0.15) is 0 Å². The van der Waals surface area contributed by atoms with Crippen molar-refractivity contribution in [2.45, 2.75) is 13.3 Å². The first kappa shape index (κ1) is 16.8. The lowest BCUT2D eigenvalue weighted by Gasteiger charge is -2.02. The van der Waals surface area contributed by atoms with Crippen LogP contribution in [-0.4, -0.2) is 27.8 Å². The molecule has 0 saturated heterocycles. The van der Waals surface area contributed by atoms with Gasteiger partial charge >= 0.3 is 0 Å². The van der Waals surface area contributed by atoms with Crippen LogP contribution in [-0.2, 0) is 11.2 Å². The second-order valence-electron chi connectivity index (χ2n) is 5.94. The number of H-pyrrole nitrogens is 1. The number of hydrogen-bond acceptors (Lipinski definition) is 4. The van der Waals surface area contributed by atoms with Gasteiger partial charge in [-0.1, -0.05) is 30.3 Å². The third kappa shape index (κ3) is 3.21. The normalized spacial score (nSPS) is 11.3. The molecule has 4 rings (SSSR count). The zero-order valence-electron chi connectivity index (χ0n) is 14.4. The molecule has 0 aliphatic heterocycles. The Labute approximate surface area is 154 Å². The van der Waals surface area contributed by atoms with Gasteiger partial charge in [0.05, 0.1) is 17.9 Å². The lowest BCUT2D eigenvalue weighted by Crippen LogP contribution is -2.16. The Kier molecular flexibility index (Phi) is 4.69. The first-order valence-corrected chi connectivity index (χ1v) is 9.46. The van der Waals surface area contributed by atoms with Crippen LogP contribution in [0.4, 0.5) is 0 Å². The van der Waals surface area contributed by atoms with Crippen molar-refractivity contribution in [3.05, 3.63) is 70.1 Å². The van der Waals surface area contributed by atoms with Crippen LogP contribution < -0.4 is 5.56 Å². The van der Waals surface area contributed by atoms with Crippen molar-refractivity contribution in [1.82, 2.24) is 14.6 Å². The Hall–Kier alpha value is -2.70. The average molecular weight is 365 g/mol. The molecule has 0 saturated carbocycles. The minimum absolute atomic E-state index is 0.104. The van der Waals surface area contributed by atoms with Crippen LogP contribution in [0.25, 0.3) is 27.2 Å². The van der Waals surface area contributed by atoms with Crippen molar-refractivity contribution in [2.75, 3.05) is 13.2 Å². The van der Waals surface area contributed by atoms with E-state index in [1.54, 1.807) is 17.4 Å². The molecule has 0 amide bonds. The Morgan fingerprint density at radius 3 is 2.85 bits per heavy atom. The molecule has 0 unspecified atom stereocenters. The fourth-order valence-corrected chi connectivity index (χ4v) is 3.85. The molecule has 1 N–H and O–H groups in total. The van der Waals surface area contributed by atoms with Crippen molar-refractivity contribution in [3.63, 3.8) is 0 Å². The van der Waals surface area contributed by atoms with E-state index in [4.69, 9.17) is 4.74 Å². The molecule has 0 spiro atoms. The Morgan fingerprint density at radius 2 is 2.04 bits per heavy atom. The molecule has 26 heavy (non-hydrogen) atoms. The summed E-state index contributed by atoms with van der Waals surface area (Å²) in [5.41, 5.74) is 4.59. The lowest BCUT2D eigenvalue weighted by molar-refractivity contribution is 0.150. The highest BCUT2D eigenvalue weighted by atomic mass is 32.1. The summed E-state index contributed by atoms with van der Waals surface area (Å²) < 4.78 is 6.87. The average Bonchev–Trinajstić information content (AvgIpc) is 3.30. The van der Waals surface area contributed by atoms with Crippen molar-refractivity contribution in [3.8, 4) is 21.6 Å². The molecule has 0 atom stereocenters. The first-order chi connectivity index (χ1) is 12.8. The van der Waals surface area contributed by atoms with Gasteiger partial charge in [0.2, 0.25) is 0 Å². The van der Waals surface area contributed by atoms with E-state index >= 15 is 0 Å². The van der Waals surface area contributed by atoms with Crippen LogP contribution in [0.3, 0.4) is 0 Å². The minimum Gasteiger partial charge on any atom is -0.381 e. The highest BCUT2D eigenvalue weighted by molar-refractivity contribution is 7.14. The van der Waals surface area contributed by atoms with Gasteiger partial charge < -0.3 is 4.74 Å². The summed E-state index contributed by atoms with van der Waals surface area (Å²) in [5, 5.41) is 5.15. The molecule has 5 nitrogen and oxygen atoms in total. The number of rotatable bonds is 6. The van der Waals surface area contributed by atoms with Gasteiger partial charge in [0, 0.05) is 30.2 Å². The van der Waals surface area contributed by atoms with E-state index in [1.165, 1.54) is 15.6 Å². The number of aromatic amines is 1. The van der Waals surface area contributed by atoms with Crippen molar-refractivity contribution in [2.24, 2.45) is 0 Å². The molecule has 0 bridgehead atoms. The summed E-state index contributed by atoms with van der Waals surface area (Å²) in [7, 11) is 0. The number of nitrogens with zero attached hydrogens (tertiary/aromatic N) is 2.